The maximum atomic E-state index is 11.7. The van der Waals surface area contributed by atoms with Crippen LogP contribution in [0.25, 0.3) is 11.0 Å². The number of carbonyl (C=O) groups is 1. The van der Waals surface area contributed by atoms with E-state index in [4.69, 9.17) is 5.73 Å². The summed E-state index contributed by atoms with van der Waals surface area (Å²) in [5.74, 6) is 1.000. The molecular weight excluding hydrogens is 252 g/mol. The third-order valence-corrected chi connectivity index (χ3v) is 3.93. The van der Waals surface area contributed by atoms with Gasteiger partial charge in [-0.15, -0.1) is 0 Å². The fraction of sp³-hybridized carbons (Fsp3) is 0.467. The summed E-state index contributed by atoms with van der Waals surface area (Å²) in [5.41, 5.74) is 7.43. The number of imidazole rings is 1. The van der Waals surface area contributed by atoms with Crippen LogP contribution in [0.5, 0.6) is 0 Å². The van der Waals surface area contributed by atoms with Gasteiger partial charge in [-0.05, 0) is 38.3 Å². The fourth-order valence-electron chi connectivity index (χ4n) is 2.46. The first-order valence-corrected chi connectivity index (χ1v) is 7.09. The zero-order chi connectivity index (χ0) is 14.2. The summed E-state index contributed by atoms with van der Waals surface area (Å²) in [7, 11) is 0. The number of nitrogens with two attached hydrogens (primary N) is 1. The summed E-state index contributed by atoms with van der Waals surface area (Å²) in [6.07, 6.45) is 2.50. The molecular formula is C15H20N4O. The molecule has 1 aromatic heterocycles. The number of rotatable bonds is 5. The molecule has 0 saturated heterocycles. The zero-order valence-corrected chi connectivity index (χ0v) is 11.7. The highest BCUT2D eigenvalue weighted by atomic mass is 16.2. The number of amides is 1. The molecule has 1 aliphatic carbocycles. The molecule has 1 aromatic carbocycles. The molecule has 106 valence electrons. The molecule has 5 heteroatoms. The lowest BCUT2D eigenvalue weighted by molar-refractivity contribution is -0.123. The minimum Gasteiger partial charge on any atom is -0.354 e. The lowest BCUT2D eigenvalue weighted by Gasteiger charge is -2.11. The third kappa shape index (κ3) is 2.41. The second kappa shape index (κ2) is 4.90. The molecule has 1 saturated carbocycles. The standard InChI is InChI=1S/C15H20N4O/c1-11-18-12-5-2-3-6-13(12)19(11)10-4-9-17-14(20)15(16)7-8-15/h2-3,5-6H,4,7-10,16H2,1H3,(H,17,20). The number of fused-ring (bicyclic) bond motifs is 1. The number of para-hydroxylation sites is 2. The van der Waals surface area contributed by atoms with E-state index < -0.39 is 5.54 Å². The van der Waals surface area contributed by atoms with Gasteiger partial charge in [0.15, 0.2) is 0 Å². The number of aromatic nitrogens is 2. The molecule has 3 rings (SSSR count). The number of carbonyl (C=O) groups excluding carboxylic acids is 1. The molecule has 0 aliphatic heterocycles. The van der Waals surface area contributed by atoms with Gasteiger partial charge < -0.3 is 15.6 Å². The Morgan fingerprint density at radius 1 is 1.45 bits per heavy atom. The normalized spacial score (nSPS) is 16.3. The Kier molecular flexibility index (Phi) is 3.22. The van der Waals surface area contributed by atoms with Crippen molar-refractivity contribution in [3.63, 3.8) is 0 Å². The number of hydrogen-bond acceptors (Lipinski definition) is 3. The molecule has 0 unspecified atom stereocenters. The van der Waals surface area contributed by atoms with E-state index in [-0.39, 0.29) is 5.91 Å². The van der Waals surface area contributed by atoms with Crippen molar-refractivity contribution in [1.29, 1.82) is 0 Å². The Balaban J connectivity index is 1.57. The van der Waals surface area contributed by atoms with E-state index >= 15 is 0 Å². The van der Waals surface area contributed by atoms with Gasteiger partial charge in [-0.25, -0.2) is 4.98 Å². The molecule has 1 aliphatic rings. The summed E-state index contributed by atoms with van der Waals surface area (Å²) in [6.45, 7) is 3.52. The summed E-state index contributed by atoms with van der Waals surface area (Å²) in [6, 6.07) is 8.11. The summed E-state index contributed by atoms with van der Waals surface area (Å²) in [5, 5.41) is 2.92. The van der Waals surface area contributed by atoms with Crippen molar-refractivity contribution in [2.24, 2.45) is 5.73 Å². The second-order valence-corrected chi connectivity index (χ2v) is 5.56. The Morgan fingerprint density at radius 3 is 2.95 bits per heavy atom. The van der Waals surface area contributed by atoms with Gasteiger partial charge in [0, 0.05) is 13.1 Å². The van der Waals surface area contributed by atoms with Crippen LogP contribution in [0.4, 0.5) is 0 Å². The summed E-state index contributed by atoms with van der Waals surface area (Å²) >= 11 is 0. The molecule has 1 heterocycles. The number of aryl methyl sites for hydroxylation is 2. The van der Waals surface area contributed by atoms with Crippen LogP contribution >= 0.6 is 0 Å². The second-order valence-electron chi connectivity index (χ2n) is 5.56. The smallest absolute Gasteiger partial charge is 0.240 e. The van der Waals surface area contributed by atoms with Crippen LogP contribution in [-0.4, -0.2) is 27.5 Å². The number of hydrogen-bond donors (Lipinski definition) is 2. The zero-order valence-electron chi connectivity index (χ0n) is 11.7. The van der Waals surface area contributed by atoms with Crippen molar-refractivity contribution >= 4 is 16.9 Å². The van der Waals surface area contributed by atoms with Crippen molar-refractivity contribution in [2.45, 2.75) is 38.3 Å². The summed E-state index contributed by atoms with van der Waals surface area (Å²) < 4.78 is 2.19. The van der Waals surface area contributed by atoms with E-state index in [2.05, 4.69) is 20.9 Å². The number of nitrogens with zero attached hydrogens (tertiary/aromatic N) is 2. The van der Waals surface area contributed by atoms with Gasteiger partial charge in [0.1, 0.15) is 5.82 Å². The largest absolute Gasteiger partial charge is 0.354 e. The van der Waals surface area contributed by atoms with E-state index in [0.29, 0.717) is 6.54 Å². The molecule has 0 spiro atoms. The minimum absolute atomic E-state index is 0.00953. The summed E-state index contributed by atoms with van der Waals surface area (Å²) in [4.78, 5) is 16.2. The van der Waals surface area contributed by atoms with Crippen LogP contribution in [0.2, 0.25) is 0 Å². The first-order chi connectivity index (χ1) is 9.60. The predicted molar refractivity (Wildman–Crippen MR) is 78.2 cm³/mol. The Labute approximate surface area is 118 Å². The van der Waals surface area contributed by atoms with Gasteiger partial charge in [-0.1, -0.05) is 12.1 Å². The van der Waals surface area contributed by atoms with Gasteiger partial charge >= 0.3 is 0 Å². The molecule has 0 radical (unpaired) electrons. The van der Waals surface area contributed by atoms with E-state index in [0.717, 1.165) is 42.7 Å². The van der Waals surface area contributed by atoms with Crippen LogP contribution in [0.15, 0.2) is 24.3 Å². The molecule has 0 bridgehead atoms. The SMILES string of the molecule is Cc1nc2ccccc2n1CCCNC(=O)C1(N)CC1. The van der Waals surface area contributed by atoms with E-state index in [1.807, 2.05) is 25.1 Å². The average Bonchev–Trinajstić information content (AvgIpc) is 3.11. The van der Waals surface area contributed by atoms with Crippen molar-refractivity contribution in [3.05, 3.63) is 30.1 Å². The third-order valence-electron chi connectivity index (χ3n) is 3.93. The van der Waals surface area contributed by atoms with Gasteiger partial charge in [0.25, 0.3) is 0 Å². The Morgan fingerprint density at radius 2 is 2.20 bits per heavy atom. The van der Waals surface area contributed by atoms with Crippen molar-refractivity contribution < 1.29 is 4.79 Å². The first kappa shape index (κ1) is 13.1. The monoisotopic (exact) mass is 272 g/mol. The first-order valence-electron chi connectivity index (χ1n) is 7.09. The number of nitrogens with one attached hydrogen (secondary N) is 1. The Hall–Kier alpha value is -1.88. The predicted octanol–water partition coefficient (Wildman–Crippen LogP) is 1.34. The quantitative estimate of drug-likeness (QED) is 0.807. The molecule has 5 nitrogen and oxygen atoms in total. The van der Waals surface area contributed by atoms with Crippen LogP contribution in [0.3, 0.4) is 0 Å². The Bertz CT molecular complexity index is 642. The molecule has 0 atom stereocenters. The highest BCUT2D eigenvalue weighted by molar-refractivity contribution is 5.88. The van der Waals surface area contributed by atoms with Gasteiger partial charge in [-0.2, -0.15) is 0 Å². The van der Waals surface area contributed by atoms with Crippen molar-refractivity contribution in [2.75, 3.05) is 6.54 Å². The highest BCUT2D eigenvalue weighted by Crippen LogP contribution is 2.31. The van der Waals surface area contributed by atoms with Crippen LogP contribution in [0.1, 0.15) is 25.1 Å². The highest BCUT2D eigenvalue weighted by Gasteiger charge is 2.45. The van der Waals surface area contributed by atoms with Crippen LogP contribution in [0, 0.1) is 6.92 Å². The van der Waals surface area contributed by atoms with Crippen LogP contribution in [-0.2, 0) is 11.3 Å². The van der Waals surface area contributed by atoms with Crippen LogP contribution < -0.4 is 11.1 Å². The fourth-order valence-corrected chi connectivity index (χ4v) is 2.46. The lowest BCUT2D eigenvalue weighted by atomic mass is 10.2. The number of benzene rings is 1. The average molecular weight is 272 g/mol. The van der Waals surface area contributed by atoms with E-state index in [1.165, 1.54) is 0 Å². The molecule has 20 heavy (non-hydrogen) atoms. The van der Waals surface area contributed by atoms with E-state index in [9.17, 15) is 4.79 Å². The maximum absolute atomic E-state index is 11.7. The molecule has 3 N–H and O–H groups in total. The molecule has 1 fully saturated rings. The maximum Gasteiger partial charge on any atom is 0.240 e. The lowest BCUT2D eigenvalue weighted by Crippen LogP contribution is -2.43. The van der Waals surface area contributed by atoms with Gasteiger partial charge in [0.05, 0.1) is 16.6 Å². The van der Waals surface area contributed by atoms with Gasteiger partial charge in [0.2, 0.25) is 5.91 Å². The minimum atomic E-state index is -0.572. The topological polar surface area (TPSA) is 72.9 Å². The molecule has 1 amide bonds. The van der Waals surface area contributed by atoms with Crippen molar-refractivity contribution in [3.8, 4) is 0 Å². The van der Waals surface area contributed by atoms with Gasteiger partial charge in [-0.3, -0.25) is 4.79 Å². The molecule has 2 aromatic rings. The van der Waals surface area contributed by atoms with Crippen molar-refractivity contribution in [1.82, 2.24) is 14.9 Å². The van der Waals surface area contributed by atoms with E-state index in [1.54, 1.807) is 0 Å².